The van der Waals surface area contributed by atoms with Crippen LogP contribution in [0, 0.1) is 0 Å². The van der Waals surface area contributed by atoms with Crippen molar-refractivity contribution < 1.29 is 0 Å². The van der Waals surface area contributed by atoms with Crippen molar-refractivity contribution in [1.82, 2.24) is 15.8 Å². The number of nitrogens with zero attached hydrogens (tertiary/aromatic N) is 2. The fourth-order valence-corrected chi connectivity index (χ4v) is 1.38. The predicted molar refractivity (Wildman–Crippen MR) is 48.2 cm³/mol. The first kappa shape index (κ1) is 7.36. The number of allylic oxidation sites excluding steroid dienone is 1. The highest BCUT2D eigenvalue weighted by Gasteiger charge is 2.22. The van der Waals surface area contributed by atoms with Crippen molar-refractivity contribution in [1.29, 1.82) is 0 Å². The molecule has 0 unspecified atom stereocenters. The Morgan fingerprint density at radius 3 is 3.17 bits per heavy atom. The molecule has 0 fully saturated rings. The van der Waals surface area contributed by atoms with Crippen molar-refractivity contribution >= 4 is 5.84 Å². The molecule has 0 radical (unpaired) electrons. The zero-order valence-corrected chi connectivity index (χ0v) is 7.26. The van der Waals surface area contributed by atoms with Crippen LogP contribution in [0.2, 0.25) is 0 Å². The van der Waals surface area contributed by atoms with Gasteiger partial charge >= 0.3 is 0 Å². The van der Waals surface area contributed by atoms with E-state index in [-0.39, 0.29) is 0 Å². The van der Waals surface area contributed by atoms with Gasteiger partial charge in [-0.3, -0.25) is 4.99 Å². The van der Waals surface area contributed by atoms with E-state index in [1.165, 1.54) is 0 Å². The van der Waals surface area contributed by atoms with E-state index in [1.807, 2.05) is 18.0 Å². The highest BCUT2D eigenvalue weighted by Crippen LogP contribution is 2.13. The summed E-state index contributed by atoms with van der Waals surface area (Å²) >= 11 is 0. The van der Waals surface area contributed by atoms with Crippen molar-refractivity contribution in [2.75, 3.05) is 13.6 Å². The van der Waals surface area contributed by atoms with Gasteiger partial charge in [-0.15, -0.1) is 0 Å². The number of rotatable bonds is 0. The number of nitrogens with one attached hydrogen (secondary N) is 2. The normalized spacial score (nSPS) is 24.8. The van der Waals surface area contributed by atoms with Gasteiger partial charge in [0.15, 0.2) is 0 Å². The van der Waals surface area contributed by atoms with Crippen molar-refractivity contribution in [3.63, 3.8) is 0 Å². The molecule has 0 atom stereocenters. The van der Waals surface area contributed by atoms with Crippen LogP contribution in [-0.2, 0) is 0 Å². The van der Waals surface area contributed by atoms with Gasteiger partial charge in [0.05, 0.1) is 0 Å². The summed E-state index contributed by atoms with van der Waals surface area (Å²) < 4.78 is 0. The minimum absolute atomic E-state index is 0.864. The number of aliphatic imine (C=N–C) groups is 1. The third kappa shape index (κ3) is 1.00. The van der Waals surface area contributed by atoms with Crippen LogP contribution in [-0.4, -0.2) is 24.4 Å². The lowest BCUT2D eigenvalue weighted by Crippen LogP contribution is -2.43. The van der Waals surface area contributed by atoms with Crippen LogP contribution in [0.25, 0.3) is 0 Å². The molecule has 0 saturated heterocycles. The van der Waals surface area contributed by atoms with Gasteiger partial charge in [-0.1, -0.05) is 0 Å². The Bertz CT molecular complexity index is 287. The van der Waals surface area contributed by atoms with E-state index in [0.29, 0.717) is 0 Å². The molecule has 0 saturated carbocycles. The number of hydrogen-bond acceptors (Lipinski definition) is 3. The monoisotopic (exact) mass is 164 g/mol. The lowest BCUT2D eigenvalue weighted by molar-refractivity contribution is 0.405. The van der Waals surface area contributed by atoms with E-state index >= 15 is 0 Å². The van der Waals surface area contributed by atoms with Crippen molar-refractivity contribution in [3.8, 4) is 0 Å². The Kier molecular flexibility index (Phi) is 1.62. The molecule has 0 spiro atoms. The van der Waals surface area contributed by atoms with Crippen LogP contribution in [0.15, 0.2) is 28.7 Å². The lowest BCUT2D eigenvalue weighted by atomic mass is 10.3. The van der Waals surface area contributed by atoms with Gasteiger partial charge in [0.25, 0.3) is 0 Å². The van der Waals surface area contributed by atoms with Crippen molar-refractivity contribution in [2.45, 2.75) is 6.92 Å². The van der Waals surface area contributed by atoms with Crippen LogP contribution in [0.3, 0.4) is 0 Å². The van der Waals surface area contributed by atoms with E-state index in [2.05, 4.69) is 21.8 Å². The average molecular weight is 164 g/mol. The summed E-state index contributed by atoms with van der Waals surface area (Å²) in [4.78, 5) is 4.16. The van der Waals surface area contributed by atoms with Crippen LogP contribution in [0.4, 0.5) is 0 Å². The molecule has 0 amide bonds. The first-order valence-corrected chi connectivity index (χ1v) is 3.97. The maximum atomic E-state index is 4.16. The number of fused-ring (bicyclic) bond motifs is 1. The second kappa shape index (κ2) is 2.64. The highest BCUT2D eigenvalue weighted by molar-refractivity contribution is 5.95. The number of amidine groups is 1. The molecule has 4 heteroatoms. The minimum atomic E-state index is 0.864. The Labute approximate surface area is 71.6 Å². The van der Waals surface area contributed by atoms with Gasteiger partial charge in [-0.25, -0.2) is 10.4 Å². The van der Waals surface area contributed by atoms with Gasteiger partial charge in [0, 0.05) is 25.4 Å². The Morgan fingerprint density at radius 2 is 2.42 bits per heavy atom. The van der Waals surface area contributed by atoms with Crippen LogP contribution in [0.5, 0.6) is 0 Å². The molecular weight excluding hydrogens is 152 g/mol. The Morgan fingerprint density at radius 1 is 1.58 bits per heavy atom. The van der Waals surface area contributed by atoms with Crippen molar-refractivity contribution in [3.05, 3.63) is 23.7 Å². The molecule has 12 heavy (non-hydrogen) atoms. The fourth-order valence-electron chi connectivity index (χ4n) is 1.38. The topological polar surface area (TPSA) is 39.7 Å². The van der Waals surface area contributed by atoms with Gasteiger partial charge < -0.3 is 5.32 Å². The summed E-state index contributed by atoms with van der Waals surface area (Å²) in [5.74, 6) is 2.03. The third-order valence-electron chi connectivity index (χ3n) is 1.91. The molecule has 4 nitrogen and oxygen atoms in total. The first-order valence-electron chi connectivity index (χ1n) is 3.97. The summed E-state index contributed by atoms with van der Waals surface area (Å²) in [5, 5.41) is 5.20. The maximum absolute atomic E-state index is 4.16. The molecule has 2 aliphatic rings. The number of hydrazine groups is 1. The second-order valence-corrected chi connectivity index (χ2v) is 2.82. The van der Waals surface area contributed by atoms with E-state index in [1.54, 1.807) is 7.05 Å². The van der Waals surface area contributed by atoms with Crippen LogP contribution < -0.4 is 10.7 Å². The molecule has 0 bridgehead atoms. The van der Waals surface area contributed by atoms with E-state index in [0.717, 1.165) is 23.9 Å². The third-order valence-corrected chi connectivity index (χ3v) is 1.91. The van der Waals surface area contributed by atoms with E-state index in [4.69, 9.17) is 0 Å². The van der Waals surface area contributed by atoms with Gasteiger partial charge in [-0.05, 0) is 13.0 Å². The van der Waals surface area contributed by atoms with Gasteiger partial charge in [0.1, 0.15) is 11.7 Å². The minimum Gasteiger partial charge on any atom is -0.344 e. The summed E-state index contributed by atoms with van der Waals surface area (Å²) in [5.41, 5.74) is 4.31. The van der Waals surface area contributed by atoms with Gasteiger partial charge in [-0.2, -0.15) is 0 Å². The SMILES string of the molecule is CN=C1C=C(C)NC2=CCNN21. The molecule has 0 aromatic heterocycles. The zero-order valence-electron chi connectivity index (χ0n) is 7.26. The van der Waals surface area contributed by atoms with Gasteiger partial charge in [0.2, 0.25) is 0 Å². The zero-order chi connectivity index (χ0) is 8.55. The Balaban J connectivity index is 2.36. The first-order chi connectivity index (χ1) is 5.81. The lowest BCUT2D eigenvalue weighted by Gasteiger charge is -2.27. The van der Waals surface area contributed by atoms with E-state index < -0.39 is 0 Å². The molecular formula is C8H12N4. The molecule has 2 heterocycles. The quantitative estimate of drug-likeness (QED) is 0.536. The molecule has 64 valence electrons. The summed E-state index contributed by atoms with van der Waals surface area (Å²) in [7, 11) is 1.79. The fraction of sp³-hybridized carbons (Fsp3) is 0.375. The predicted octanol–water partition coefficient (Wildman–Crippen LogP) is 0.183. The summed E-state index contributed by atoms with van der Waals surface area (Å²) in [6, 6.07) is 0. The van der Waals surface area contributed by atoms with Crippen molar-refractivity contribution in [2.24, 2.45) is 4.99 Å². The Hall–Kier alpha value is -1.29. The largest absolute Gasteiger partial charge is 0.344 e. The molecule has 0 aromatic rings. The second-order valence-electron chi connectivity index (χ2n) is 2.82. The summed E-state index contributed by atoms with van der Waals surface area (Å²) in [6.07, 6.45) is 4.11. The van der Waals surface area contributed by atoms with Crippen LogP contribution in [0.1, 0.15) is 6.92 Å². The number of hydrogen-bond donors (Lipinski definition) is 2. The molecule has 0 aliphatic carbocycles. The average Bonchev–Trinajstić information content (AvgIpc) is 2.50. The molecule has 2 rings (SSSR count). The van der Waals surface area contributed by atoms with E-state index in [9.17, 15) is 0 Å². The van der Waals surface area contributed by atoms with Crippen LogP contribution >= 0.6 is 0 Å². The highest BCUT2D eigenvalue weighted by atomic mass is 15.6. The smallest absolute Gasteiger partial charge is 0.145 e. The molecule has 2 aliphatic heterocycles. The summed E-state index contributed by atoms with van der Waals surface area (Å²) in [6.45, 7) is 2.89. The maximum Gasteiger partial charge on any atom is 0.145 e. The molecule has 0 aromatic carbocycles. The molecule has 2 N–H and O–H groups in total. The standard InChI is InChI=1S/C8H12N4/c1-6-5-8(9-2)12-7(11-6)3-4-10-12/h3,5,10-11H,4H2,1-2H3.